The molecule has 7 heteroatoms. The van der Waals surface area contributed by atoms with Crippen molar-refractivity contribution in [3.63, 3.8) is 0 Å². The maximum absolute atomic E-state index is 12.9. The molecule has 0 bridgehead atoms. The number of aromatic nitrogens is 2. The zero-order chi connectivity index (χ0) is 14.5. The van der Waals surface area contributed by atoms with Crippen molar-refractivity contribution in [2.24, 2.45) is 0 Å². The fourth-order valence-corrected chi connectivity index (χ4v) is 1.50. The Morgan fingerprint density at radius 2 is 2.10 bits per heavy atom. The van der Waals surface area contributed by atoms with Gasteiger partial charge in [-0.2, -0.15) is 4.39 Å². The highest BCUT2D eigenvalue weighted by Gasteiger charge is 2.09. The average molecular weight is 275 g/mol. The predicted octanol–water partition coefficient (Wildman–Crippen LogP) is 1.24. The smallest absolute Gasteiger partial charge is 0.335 e. The van der Waals surface area contributed by atoms with Crippen molar-refractivity contribution in [1.82, 2.24) is 15.3 Å². The van der Waals surface area contributed by atoms with Gasteiger partial charge >= 0.3 is 5.97 Å². The quantitative estimate of drug-likeness (QED) is 0.819. The highest BCUT2D eigenvalue weighted by atomic mass is 19.1. The van der Waals surface area contributed by atoms with E-state index in [1.54, 1.807) is 0 Å². The van der Waals surface area contributed by atoms with Crippen LogP contribution in [0.1, 0.15) is 26.5 Å². The summed E-state index contributed by atoms with van der Waals surface area (Å²) in [5.41, 5.74) is 0.405. The molecule has 102 valence electrons. The summed E-state index contributed by atoms with van der Waals surface area (Å²) >= 11 is 0. The molecule has 20 heavy (non-hydrogen) atoms. The second kappa shape index (κ2) is 5.87. The standard InChI is InChI=1S/C13H10FN3O3/c14-11-3-1-2-10(17-11)12(18)16-7-9-6-8(13(19)20)4-5-15-9/h1-6H,7H2,(H,16,18)(H,19,20). The van der Waals surface area contributed by atoms with E-state index in [2.05, 4.69) is 15.3 Å². The summed E-state index contributed by atoms with van der Waals surface area (Å²) < 4.78 is 12.9. The number of carbonyl (C=O) groups is 2. The Balaban J connectivity index is 2.03. The number of aromatic carboxylic acids is 1. The molecule has 0 fully saturated rings. The van der Waals surface area contributed by atoms with E-state index < -0.39 is 17.8 Å². The van der Waals surface area contributed by atoms with E-state index in [-0.39, 0.29) is 17.8 Å². The monoisotopic (exact) mass is 275 g/mol. The van der Waals surface area contributed by atoms with E-state index in [0.717, 1.165) is 6.07 Å². The van der Waals surface area contributed by atoms with Crippen molar-refractivity contribution < 1.29 is 19.1 Å². The fraction of sp³-hybridized carbons (Fsp3) is 0.0769. The summed E-state index contributed by atoms with van der Waals surface area (Å²) in [6.07, 6.45) is 1.34. The largest absolute Gasteiger partial charge is 0.478 e. The molecule has 6 nitrogen and oxygen atoms in total. The molecule has 0 saturated carbocycles. The number of nitrogens with one attached hydrogen (secondary N) is 1. The van der Waals surface area contributed by atoms with Gasteiger partial charge in [-0.05, 0) is 24.3 Å². The van der Waals surface area contributed by atoms with Crippen LogP contribution in [0.4, 0.5) is 4.39 Å². The van der Waals surface area contributed by atoms with E-state index in [0.29, 0.717) is 5.69 Å². The van der Waals surface area contributed by atoms with Crippen molar-refractivity contribution in [1.29, 1.82) is 0 Å². The van der Waals surface area contributed by atoms with Gasteiger partial charge in [0.2, 0.25) is 5.95 Å². The van der Waals surface area contributed by atoms with Gasteiger partial charge < -0.3 is 10.4 Å². The van der Waals surface area contributed by atoms with E-state index >= 15 is 0 Å². The second-order valence-electron chi connectivity index (χ2n) is 3.87. The minimum absolute atomic E-state index is 0.0259. The van der Waals surface area contributed by atoms with Crippen LogP contribution in [0, 0.1) is 5.95 Å². The molecular weight excluding hydrogens is 265 g/mol. The van der Waals surface area contributed by atoms with Gasteiger partial charge in [0.25, 0.3) is 5.91 Å². The molecule has 2 heterocycles. The molecular formula is C13H10FN3O3. The molecule has 0 aliphatic carbocycles. The normalized spacial score (nSPS) is 10.1. The lowest BCUT2D eigenvalue weighted by Gasteiger charge is -2.05. The number of nitrogens with zero attached hydrogens (tertiary/aromatic N) is 2. The Labute approximate surface area is 113 Å². The first-order chi connectivity index (χ1) is 9.56. The molecule has 0 spiro atoms. The summed E-state index contributed by atoms with van der Waals surface area (Å²) in [6.45, 7) is 0.0259. The van der Waals surface area contributed by atoms with Gasteiger partial charge in [-0.25, -0.2) is 9.78 Å². The summed E-state index contributed by atoms with van der Waals surface area (Å²) in [4.78, 5) is 29.9. The SMILES string of the molecule is O=C(O)c1ccnc(CNC(=O)c2cccc(F)n2)c1. The molecule has 0 atom stereocenters. The number of carboxylic acid groups (broad SMARTS) is 1. The Morgan fingerprint density at radius 1 is 1.30 bits per heavy atom. The van der Waals surface area contributed by atoms with Crippen LogP contribution in [0.2, 0.25) is 0 Å². The van der Waals surface area contributed by atoms with Crippen LogP contribution >= 0.6 is 0 Å². The molecule has 1 amide bonds. The third-order valence-electron chi connectivity index (χ3n) is 2.44. The first kappa shape index (κ1) is 13.6. The minimum atomic E-state index is -1.08. The predicted molar refractivity (Wildman–Crippen MR) is 66.6 cm³/mol. The van der Waals surface area contributed by atoms with Crippen LogP contribution in [0.5, 0.6) is 0 Å². The van der Waals surface area contributed by atoms with Crippen molar-refractivity contribution in [3.05, 3.63) is 59.4 Å². The molecule has 2 aromatic heterocycles. The van der Waals surface area contributed by atoms with Gasteiger partial charge in [0.05, 0.1) is 17.8 Å². The summed E-state index contributed by atoms with van der Waals surface area (Å²) in [5, 5.41) is 11.3. The van der Waals surface area contributed by atoms with E-state index in [1.165, 1.54) is 30.5 Å². The van der Waals surface area contributed by atoms with Gasteiger partial charge in [0, 0.05) is 6.20 Å². The number of halogens is 1. The van der Waals surface area contributed by atoms with Gasteiger partial charge in [0.15, 0.2) is 0 Å². The highest BCUT2D eigenvalue weighted by Crippen LogP contribution is 2.03. The zero-order valence-corrected chi connectivity index (χ0v) is 10.2. The average Bonchev–Trinajstić information content (AvgIpc) is 2.45. The lowest BCUT2D eigenvalue weighted by Crippen LogP contribution is -2.24. The third-order valence-corrected chi connectivity index (χ3v) is 2.44. The van der Waals surface area contributed by atoms with Crippen molar-refractivity contribution in [2.45, 2.75) is 6.54 Å². The summed E-state index contributed by atoms with van der Waals surface area (Å²) in [6, 6.07) is 6.58. The maximum Gasteiger partial charge on any atom is 0.335 e. The number of carbonyl (C=O) groups excluding carboxylic acids is 1. The Kier molecular flexibility index (Phi) is 3.99. The van der Waals surface area contributed by atoms with Crippen molar-refractivity contribution in [3.8, 4) is 0 Å². The van der Waals surface area contributed by atoms with Crippen LogP contribution in [-0.2, 0) is 6.54 Å². The second-order valence-corrected chi connectivity index (χ2v) is 3.87. The van der Waals surface area contributed by atoms with E-state index in [4.69, 9.17) is 5.11 Å². The number of hydrogen-bond acceptors (Lipinski definition) is 4. The first-order valence-corrected chi connectivity index (χ1v) is 5.65. The maximum atomic E-state index is 12.9. The third kappa shape index (κ3) is 3.35. The molecule has 2 N–H and O–H groups in total. The zero-order valence-electron chi connectivity index (χ0n) is 10.2. The molecule has 2 rings (SSSR count). The summed E-state index contributed by atoms with van der Waals surface area (Å²) in [7, 11) is 0. The van der Waals surface area contributed by atoms with Crippen LogP contribution in [0.15, 0.2) is 36.5 Å². The lowest BCUT2D eigenvalue weighted by molar-refractivity contribution is 0.0696. The Morgan fingerprint density at radius 3 is 2.80 bits per heavy atom. The van der Waals surface area contributed by atoms with E-state index in [9.17, 15) is 14.0 Å². The van der Waals surface area contributed by atoms with Crippen LogP contribution in [-0.4, -0.2) is 27.0 Å². The minimum Gasteiger partial charge on any atom is -0.478 e. The Bertz CT molecular complexity index is 661. The van der Waals surface area contributed by atoms with Gasteiger partial charge in [-0.3, -0.25) is 9.78 Å². The summed E-state index contributed by atoms with van der Waals surface area (Å²) in [5.74, 6) is -2.39. The van der Waals surface area contributed by atoms with Crippen molar-refractivity contribution >= 4 is 11.9 Å². The number of pyridine rings is 2. The van der Waals surface area contributed by atoms with Crippen LogP contribution in [0.3, 0.4) is 0 Å². The van der Waals surface area contributed by atoms with Crippen molar-refractivity contribution in [2.75, 3.05) is 0 Å². The van der Waals surface area contributed by atoms with Gasteiger partial charge in [-0.15, -0.1) is 0 Å². The van der Waals surface area contributed by atoms with Crippen LogP contribution < -0.4 is 5.32 Å². The highest BCUT2D eigenvalue weighted by molar-refractivity contribution is 5.92. The first-order valence-electron chi connectivity index (χ1n) is 5.65. The topological polar surface area (TPSA) is 92.2 Å². The number of amides is 1. The molecule has 0 aromatic carbocycles. The lowest BCUT2D eigenvalue weighted by atomic mass is 10.2. The molecule has 0 aliphatic heterocycles. The van der Waals surface area contributed by atoms with Crippen LogP contribution in [0.25, 0.3) is 0 Å². The molecule has 0 radical (unpaired) electrons. The molecule has 0 unspecified atom stereocenters. The molecule has 0 aliphatic rings. The number of hydrogen-bond donors (Lipinski definition) is 2. The number of rotatable bonds is 4. The van der Waals surface area contributed by atoms with Gasteiger partial charge in [-0.1, -0.05) is 6.07 Å². The fourth-order valence-electron chi connectivity index (χ4n) is 1.50. The number of carboxylic acids is 1. The molecule has 0 saturated heterocycles. The van der Waals surface area contributed by atoms with Gasteiger partial charge in [0.1, 0.15) is 5.69 Å². The molecule has 2 aromatic rings. The van der Waals surface area contributed by atoms with E-state index in [1.807, 2.05) is 0 Å². The Hall–Kier alpha value is -2.83.